The van der Waals surface area contributed by atoms with E-state index in [1.807, 2.05) is 12.1 Å². The fraction of sp³-hybridized carbons (Fsp3) is 0.487. The average molecular weight is 695 g/mol. The number of benzene rings is 2. The largest absolute Gasteiger partial charge is 1.00 e. The SMILES string of the molecule is COC(=O)CCCCCCNC(=O)c1cc2cccc3c2n1CCC3.O=C(O)CCCCCCNC(=O)c1cc2cccc3c2n1CCC3.[Li+].[OH-]. The molecule has 11 nitrogen and oxygen atoms in total. The minimum absolute atomic E-state index is 0. The molecule has 0 unspecified atom stereocenters. The number of carboxylic acid groups (broad SMARTS) is 1. The predicted octanol–water partition coefficient (Wildman–Crippen LogP) is 3.62. The van der Waals surface area contributed by atoms with Crippen LogP contribution in [-0.4, -0.2) is 63.7 Å². The van der Waals surface area contributed by atoms with Crippen LogP contribution in [0.4, 0.5) is 0 Å². The molecule has 6 rings (SSSR count). The first-order chi connectivity index (χ1) is 23.9. The van der Waals surface area contributed by atoms with E-state index >= 15 is 0 Å². The number of rotatable bonds is 16. The number of methoxy groups -OCH3 is 1. The Balaban J connectivity index is 0.000000265. The molecule has 0 atom stereocenters. The van der Waals surface area contributed by atoms with E-state index in [2.05, 4.69) is 60.9 Å². The van der Waals surface area contributed by atoms with Gasteiger partial charge < -0.3 is 35.1 Å². The molecule has 4 aromatic rings. The number of esters is 1. The molecule has 12 heteroatoms. The van der Waals surface area contributed by atoms with Gasteiger partial charge in [-0.15, -0.1) is 0 Å². The van der Waals surface area contributed by atoms with Crippen LogP contribution in [-0.2, 0) is 40.3 Å². The maximum Gasteiger partial charge on any atom is 1.00 e. The second-order valence-corrected chi connectivity index (χ2v) is 13.1. The van der Waals surface area contributed by atoms with Gasteiger partial charge in [-0.25, -0.2) is 0 Å². The van der Waals surface area contributed by atoms with Crippen LogP contribution in [0, 0.1) is 0 Å². The molecule has 2 amide bonds. The normalized spacial score (nSPS) is 12.6. The van der Waals surface area contributed by atoms with Crippen LogP contribution in [0.2, 0.25) is 0 Å². The van der Waals surface area contributed by atoms with Crippen molar-refractivity contribution in [3.63, 3.8) is 0 Å². The van der Waals surface area contributed by atoms with Crippen molar-refractivity contribution in [2.75, 3.05) is 20.2 Å². The van der Waals surface area contributed by atoms with E-state index in [4.69, 9.17) is 5.11 Å². The third-order valence-electron chi connectivity index (χ3n) is 9.55. The van der Waals surface area contributed by atoms with Crippen LogP contribution in [0.15, 0.2) is 48.5 Å². The Morgan fingerprint density at radius 2 is 1.14 bits per heavy atom. The molecule has 2 aliphatic rings. The van der Waals surface area contributed by atoms with Crippen molar-refractivity contribution in [1.29, 1.82) is 0 Å². The summed E-state index contributed by atoms with van der Waals surface area (Å²) in [6, 6.07) is 16.6. The van der Waals surface area contributed by atoms with Gasteiger partial charge in [0.2, 0.25) is 0 Å². The molecule has 4 heterocycles. The standard InChI is InChI=1S/C20H26N2O3.C19H24N2O3.Li.H2O/c1-25-18(23)11-4-2-3-5-12-21-20(24)17-14-16-9-6-8-15-10-7-13-22(17)19(15)16;22-17(23)10-3-1-2-4-11-20-19(24)16-13-15-8-5-7-14-9-6-12-21(16)18(14)15;;/h6,8-9,14H,2-5,7,10-13H2,1H3,(H,21,24);5,7-8,13H,1-4,6,9-12H2,(H,20,24)(H,22,23);;1H2/q;;+1;/p-1. The number of unbranched alkanes of at least 4 members (excludes halogenated alkanes) is 6. The quantitative estimate of drug-likeness (QED) is 0.0917. The zero-order valence-corrected chi connectivity index (χ0v) is 30.2. The van der Waals surface area contributed by atoms with Gasteiger partial charge in [0.25, 0.3) is 11.8 Å². The van der Waals surface area contributed by atoms with Crippen molar-refractivity contribution >= 4 is 45.6 Å². The molecule has 2 aromatic heterocycles. The monoisotopic (exact) mass is 694 g/mol. The maximum atomic E-state index is 12.6. The summed E-state index contributed by atoms with van der Waals surface area (Å²) >= 11 is 0. The average Bonchev–Trinajstić information content (AvgIpc) is 3.69. The van der Waals surface area contributed by atoms with Gasteiger partial charge in [-0.3, -0.25) is 19.2 Å². The molecule has 0 aliphatic carbocycles. The Labute approximate surface area is 312 Å². The number of carbonyl (C=O) groups is 4. The number of hydrogen-bond donors (Lipinski definition) is 3. The van der Waals surface area contributed by atoms with Crippen LogP contribution in [0.5, 0.6) is 0 Å². The minimum atomic E-state index is -0.739. The van der Waals surface area contributed by atoms with E-state index in [0.29, 0.717) is 25.9 Å². The van der Waals surface area contributed by atoms with Gasteiger partial charge in [0.05, 0.1) is 18.1 Å². The molecular weight excluding hydrogens is 643 g/mol. The van der Waals surface area contributed by atoms with Gasteiger partial charge in [-0.1, -0.05) is 62.1 Å². The number of nitrogens with zero attached hydrogens (tertiary/aromatic N) is 2. The zero-order valence-electron chi connectivity index (χ0n) is 30.2. The number of ether oxygens (including phenoxy) is 1. The number of nitrogens with one attached hydrogen (secondary N) is 2. The van der Waals surface area contributed by atoms with Crippen molar-refractivity contribution in [2.45, 2.75) is 103 Å². The van der Waals surface area contributed by atoms with Gasteiger partial charge in [-0.2, -0.15) is 0 Å². The number of para-hydroxylation sites is 2. The summed E-state index contributed by atoms with van der Waals surface area (Å²) in [6.45, 7) is 3.13. The molecule has 4 N–H and O–H groups in total. The second-order valence-electron chi connectivity index (χ2n) is 13.1. The van der Waals surface area contributed by atoms with Gasteiger partial charge in [0.1, 0.15) is 11.4 Å². The Hall–Kier alpha value is -4.04. The molecule has 2 aliphatic heterocycles. The summed E-state index contributed by atoms with van der Waals surface area (Å²) in [5.41, 5.74) is 6.63. The predicted molar refractivity (Wildman–Crippen MR) is 193 cm³/mol. The fourth-order valence-electron chi connectivity index (χ4n) is 7.09. The Morgan fingerprint density at radius 3 is 1.59 bits per heavy atom. The van der Waals surface area contributed by atoms with E-state index in [1.165, 1.54) is 29.3 Å². The molecular formula is C39H51LiN4O7. The van der Waals surface area contributed by atoms with Crippen LogP contribution in [0.25, 0.3) is 21.8 Å². The summed E-state index contributed by atoms with van der Waals surface area (Å²) in [5.74, 6) is -0.887. The fourth-order valence-corrected chi connectivity index (χ4v) is 7.09. The third kappa shape index (κ3) is 11.0. The van der Waals surface area contributed by atoms with Crippen LogP contribution in [0.1, 0.15) is 109 Å². The van der Waals surface area contributed by atoms with Gasteiger partial charge >= 0.3 is 30.8 Å². The van der Waals surface area contributed by atoms with Crippen LogP contribution < -0.4 is 29.5 Å². The van der Waals surface area contributed by atoms with E-state index < -0.39 is 5.97 Å². The number of carbonyl (C=O) groups excluding carboxylic acids is 3. The summed E-state index contributed by atoms with van der Waals surface area (Å²) < 4.78 is 8.94. The second kappa shape index (κ2) is 20.7. The molecule has 0 fully saturated rings. The Kier molecular flexibility index (Phi) is 16.8. The van der Waals surface area contributed by atoms with Gasteiger partial charge in [0.15, 0.2) is 0 Å². The molecule has 0 saturated carbocycles. The van der Waals surface area contributed by atoms with Gasteiger partial charge in [-0.05, 0) is 74.6 Å². The number of hydrogen-bond acceptors (Lipinski definition) is 6. The summed E-state index contributed by atoms with van der Waals surface area (Å²) in [6.07, 6.45) is 12.2. The Morgan fingerprint density at radius 1 is 0.686 bits per heavy atom. The number of aromatic nitrogens is 2. The maximum absolute atomic E-state index is 12.6. The topological polar surface area (TPSA) is 162 Å². The first-order valence-electron chi connectivity index (χ1n) is 17.9. The molecule has 51 heavy (non-hydrogen) atoms. The van der Waals surface area contributed by atoms with Crippen molar-refractivity contribution in [3.05, 3.63) is 71.0 Å². The molecule has 0 saturated heterocycles. The van der Waals surface area contributed by atoms with E-state index in [1.54, 1.807) is 0 Å². The summed E-state index contributed by atoms with van der Waals surface area (Å²) in [7, 11) is 1.42. The van der Waals surface area contributed by atoms with Crippen LogP contribution in [0.3, 0.4) is 0 Å². The number of aliphatic carboxylic acids is 1. The summed E-state index contributed by atoms with van der Waals surface area (Å²) in [4.78, 5) is 46.5. The summed E-state index contributed by atoms with van der Waals surface area (Å²) in [5, 5.41) is 16.9. The minimum Gasteiger partial charge on any atom is -0.870 e. The van der Waals surface area contributed by atoms with Crippen molar-refractivity contribution < 1.29 is 53.4 Å². The zero-order chi connectivity index (χ0) is 34.6. The van der Waals surface area contributed by atoms with E-state index in [9.17, 15) is 19.2 Å². The molecule has 0 bridgehead atoms. The van der Waals surface area contributed by atoms with Crippen molar-refractivity contribution in [2.24, 2.45) is 0 Å². The molecule has 2 aromatic carbocycles. The van der Waals surface area contributed by atoms with Crippen molar-refractivity contribution in [3.8, 4) is 0 Å². The number of carboxylic acids is 1. The Bertz CT molecular complexity index is 1780. The first-order valence-corrected chi connectivity index (χ1v) is 17.9. The first kappa shape index (κ1) is 41.4. The number of amides is 2. The third-order valence-corrected chi connectivity index (χ3v) is 9.55. The van der Waals surface area contributed by atoms with E-state index in [-0.39, 0.29) is 48.5 Å². The van der Waals surface area contributed by atoms with Crippen molar-refractivity contribution in [1.82, 2.24) is 19.8 Å². The van der Waals surface area contributed by atoms with Gasteiger partial charge in [0, 0.05) is 49.8 Å². The number of aryl methyl sites for hydroxylation is 4. The molecule has 270 valence electrons. The van der Waals surface area contributed by atoms with E-state index in [0.717, 1.165) is 106 Å². The smallest absolute Gasteiger partial charge is 0.870 e. The van der Waals surface area contributed by atoms with Crippen LogP contribution >= 0.6 is 0 Å². The molecule has 0 spiro atoms. The molecule has 0 radical (unpaired) electrons.